The summed E-state index contributed by atoms with van der Waals surface area (Å²) in [6.45, 7) is 11.1. The molecule has 4 heteroatoms. The van der Waals surface area contributed by atoms with Gasteiger partial charge in [0.15, 0.2) is 0 Å². The molecule has 0 bridgehead atoms. The predicted octanol–water partition coefficient (Wildman–Crippen LogP) is 2.22. The summed E-state index contributed by atoms with van der Waals surface area (Å²) >= 11 is 0. The molecular formula is C13H22N4. The van der Waals surface area contributed by atoms with Crippen LogP contribution in [0.15, 0.2) is 6.07 Å². The highest BCUT2D eigenvalue weighted by Crippen LogP contribution is 2.25. The molecule has 0 radical (unpaired) electrons. The Bertz CT molecular complexity index is 424. The standard InChI is InChI=1S/C13H22N4/c1-6-17(8(2)3)11-7-9(4)16-10(5)12(11)13(14)15/h7-8H,6H2,1-5H3,(H3,14,15). The minimum Gasteiger partial charge on any atom is -0.384 e. The lowest BCUT2D eigenvalue weighted by Crippen LogP contribution is -2.33. The molecule has 0 unspecified atom stereocenters. The predicted molar refractivity (Wildman–Crippen MR) is 72.9 cm³/mol. The van der Waals surface area contributed by atoms with Crippen molar-refractivity contribution < 1.29 is 0 Å². The molecule has 0 fully saturated rings. The molecule has 1 aromatic rings. The van der Waals surface area contributed by atoms with Crippen molar-refractivity contribution in [1.29, 1.82) is 5.41 Å². The molecule has 0 amide bonds. The molecule has 0 saturated carbocycles. The third-order valence-corrected chi connectivity index (χ3v) is 2.85. The Morgan fingerprint density at radius 1 is 1.47 bits per heavy atom. The fraction of sp³-hybridized carbons (Fsp3) is 0.538. The number of hydrogen-bond acceptors (Lipinski definition) is 3. The third-order valence-electron chi connectivity index (χ3n) is 2.85. The number of nitrogen functional groups attached to an aromatic ring is 1. The van der Waals surface area contributed by atoms with Crippen molar-refractivity contribution >= 4 is 11.5 Å². The zero-order valence-corrected chi connectivity index (χ0v) is 11.3. The highest BCUT2D eigenvalue weighted by Gasteiger charge is 2.17. The number of amidine groups is 1. The Hall–Kier alpha value is -1.58. The van der Waals surface area contributed by atoms with Gasteiger partial charge in [-0.25, -0.2) is 0 Å². The fourth-order valence-electron chi connectivity index (χ4n) is 2.18. The lowest BCUT2D eigenvalue weighted by Gasteiger charge is -2.30. The van der Waals surface area contributed by atoms with E-state index in [9.17, 15) is 0 Å². The minimum atomic E-state index is 0.0871. The lowest BCUT2D eigenvalue weighted by atomic mass is 10.1. The van der Waals surface area contributed by atoms with Crippen molar-refractivity contribution in [3.63, 3.8) is 0 Å². The zero-order chi connectivity index (χ0) is 13.2. The first kappa shape index (κ1) is 13.5. The minimum absolute atomic E-state index is 0.0871. The fourth-order valence-corrected chi connectivity index (χ4v) is 2.18. The van der Waals surface area contributed by atoms with Crippen molar-refractivity contribution in [2.75, 3.05) is 11.4 Å². The first-order chi connectivity index (χ1) is 7.88. The van der Waals surface area contributed by atoms with Gasteiger partial charge in [-0.3, -0.25) is 10.4 Å². The van der Waals surface area contributed by atoms with Crippen LogP contribution in [0.2, 0.25) is 0 Å². The third kappa shape index (κ3) is 2.75. The number of rotatable bonds is 4. The average Bonchev–Trinajstić information content (AvgIpc) is 2.15. The summed E-state index contributed by atoms with van der Waals surface area (Å²) in [4.78, 5) is 6.62. The Morgan fingerprint density at radius 2 is 2.06 bits per heavy atom. The Kier molecular flexibility index (Phi) is 4.10. The van der Waals surface area contributed by atoms with Gasteiger partial charge in [-0.1, -0.05) is 0 Å². The molecular weight excluding hydrogens is 212 g/mol. The molecule has 0 aliphatic rings. The van der Waals surface area contributed by atoms with E-state index in [0.717, 1.165) is 29.2 Å². The van der Waals surface area contributed by atoms with E-state index in [1.165, 1.54) is 0 Å². The number of aryl methyl sites for hydroxylation is 2. The number of hydrogen-bond donors (Lipinski definition) is 2. The molecule has 94 valence electrons. The second-order valence-electron chi connectivity index (χ2n) is 4.54. The average molecular weight is 234 g/mol. The van der Waals surface area contributed by atoms with E-state index in [0.29, 0.717) is 6.04 Å². The maximum absolute atomic E-state index is 7.71. The molecule has 0 saturated heterocycles. The lowest BCUT2D eigenvalue weighted by molar-refractivity contribution is 0.701. The Labute approximate surface area is 103 Å². The molecule has 0 aliphatic carbocycles. The van der Waals surface area contributed by atoms with Gasteiger partial charge < -0.3 is 10.6 Å². The van der Waals surface area contributed by atoms with Crippen molar-refractivity contribution in [2.24, 2.45) is 5.73 Å². The summed E-state index contributed by atoms with van der Waals surface area (Å²) in [6, 6.07) is 2.38. The van der Waals surface area contributed by atoms with Crippen LogP contribution >= 0.6 is 0 Å². The van der Waals surface area contributed by atoms with Gasteiger partial charge in [0.05, 0.1) is 16.9 Å². The van der Waals surface area contributed by atoms with Crippen LogP contribution in [0.3, 0.4) is 0 Å². The number of anilines is 1. The molecule has 4 nitrogen and oxygen atoms in total. The van der Waals surface area contributed by atoms with Gasteiger partial charge in [-0.15, -0.1) is 0 Å². The summed E-state index contributed by atoms with van der Waals surface area (Å²) in [5.41, 5.74) is 9.23. The highest BCUT2D eigenvalue weighted by molar-refractivity contribution is 6.01. The van der Waals surface area contributed by atoms with Crippen LogP contribution in [0.1, 0.15) is 37.7 Å². The van der Waals surface area contributed by atoms with Crippen LogP contribution in [0, 0.1) is 19.3 Å². The second kappa shape index (κ2) is 5.17. The number of nitrogens with one attached hydrogen (secondary N) is 1. The van der Waals surface area contributed by atoms with Crippen LogP contribution in [0.5, 0.6) is 0 Å². The summed E-state index contributed by atoms with van der Waals surface area (Å²) in [6.07, 6.45) is 0. The van der Waals surface area contributed by atoms with E-state index in [1.54, 1.807) is 0 Å². The normalized spacial score (nSPS) is 10.7. The van der Waals surface area contributed by atoms with Gasteiger partial charge in [-0.05, 0) is 40.7 Å². The molecule has 0 aliphatic heterocycles. The van der Waals surface area contributed by atoms with Crippen molar-refractivity contribution in [1.82, 2.24) is 4.98 Å². The maximum Gasteiger partial charge on any atom is 0.126 e. The van der Waals surface area contributed by atoms with Gasteiger partial charge in [0.2, 0.25) is 0 Å². The van der Waals surface area contributed by atoms with Crippen molar-refractivity contribution in [2.45, 2.75) is 40.7 Å². The number of pyridine rings is 1. The SMILES string of the molecule is CCN(c1cc(C)nc(C)c1C(=N)N)C(C)C. The first-order valence-corrected chi connectivity index (χ1v) is 5.97. The highest BCUT2D eigenvalue weighted by atomic mass is 15.2. The summed E-state index contributed by atoms with van der Waals surface area (Å²) in [5.74, 6) is 0.0871. The van der Waals surface area contributed by atoms with Gasteiger partial charge >= 0.3 is 0 Å². The van der Waals surface area contributed by atoms with E-state index in [2.05, 4.69) is 30.7 Å². The van der Waals surface area contributed by atoms with E-state index in [1.807, 2.05) is 19.9 Å². The summed E-state index contributed by atoms with van der Waals surface area (Å²) in [5, 5.41) is 7.71. The van der Waals surface area contributed by atoms with E-state index < -0.39 is 0 Å². The van der Waals surface area contributed by atoms with Crippen LogP contribution in [-0.4, -0.2) is 23.4 Å². The molecule has 1 heterocycles. The van der Waals surface area contributed by atoms with Crippen molar-refractivity contribution in [3.05, 3.63) is 23.0 Å². The van der Waals surface area contributed by atoms with Gasteiger partial charge in [0.25, 0.3) is 0 Å². The Balaban J connectivity index is 3.43. The van der Waals surface area contributed by atoms with Gasteiger partial charge in [-0.2, -0.15) is 0 Å². The topological polar surface area (TPSA) is 66.0 Å². The molecule has 3 N–H and O–H groups in total. The van der Waals surface area contributed by atoms with Gasteiger partial charge in [0.1, 0.15) is 5.84 Å². The maximum atomic E-state index is 7.71. The molecule has 0 spiro atoms. The summed E-state index contributed by atoms with van der Waals surface area (Å²) in [7, 11) is 0. The van der Waals surface area contributed by atoms with Crippen LogP contribution < -0.4 is 10.6 Å². The molecule has 1 rings (SSSR count). The second-order valence-corrected chi connectivity index (χ2v) is 4.54. The first-order valence-electron chi connectivity index (χ1n) is 5.97. The molecule has 0 atom stereocenters. The summed E-state index contributed by atoms with van der Waals surface area (Å²) < 4.78 is 0. The quantitative estimate of drug-likeness (QED) is 0.620. The van der Waals surface area contributed by atoms with Crippen molar-refractivity contribution in [3.8, 4) is 0 Å². The molecule has 0 aromatic carbocycles. The number of aromatic nitrogens is 1. The van der Waals surface area contributed by atoms with Crippen LogP contribution in [0.4, 0.5) is 5.69 Å². The van der Waals surface area contributed by atoms with Crippen LogP contribution in [0.25, 0.3) is 0 Å². The molecule has 17 heavy (non-hydrogen) atoms. The Morgan fingerprint density at radius 3 is 2.47 bits per heavy atom. The smallest absolute Gasteiger partial charge is 0.126 e. The van der Waals surface area contributed by atoms with Crippen LogP contribution in [-0.2, 0) is 0 Å². The molecule has 1 aromatic heterocycles. The van der Waals surface area contributed by atoms with E-state index in [-0.39, 0.29) is 5.84 Å². The largest absolute Gasteiger partial charge is 0.384 e. The zero-order valence-electron chi connectivity index (χ0n) is 11.3. The number of nitrogens with two attached hydrogens (primary N) is 1. The monoisotopic (exact) mass is 234 g/mol. The van der Waals surface area contributed by atoms with Gasteiger partial charge in [0, 0.05) is 18.3 Å². The van der Waals surface area contributed by atoms with E-state index >= 15 is 0 Å². The number of nitrogens with zero attached hydrogens (tertiary/aromatic N) is 2. The van der Waals surface area contributed by atoms with E-state index in [4.69, 9.17) is 11.1 Å².